The number of halogens is 1. The topological polar surface area (TPSA) is 101 Å². The third-order valence-electron chi connectivity index (χ3n) is 3.03. The second-order valence-corrected chi connectivity index (χ2v) is 6.63. The maximum Gasteiger partial charge on any atom is 0.270 e. The van der Waals surface area contributed by atoms with E-state index in [1.165, 1.54) is 12.1 Å². The van der Waals surface area contributed by atoms with Crippen molar-refractivity contribution in [3.8, 4) is 0 Å². The fourth-order valence-electron chi connectivity index (χ4n) is 2.05. The molecule has 0 saturated carbocycles. The van der Waals surface area contributed by atoms with Crippen LogP contribution in [0, 0.1) is 10.1 Å². The van der Waals surface area contributed by atoms with Gasteiger partial charge in [0.1, 0.15) is 4.90 Å². The van der Waals surface area contributed by atoms with E-state index in [4.69, 9.17) is 11.6 Å². The number of rotatable bonds is 4. The Hall–Kier alpha value is -1.22. The lowest BCUT2D eigenvalue weighted by Gasteiger charge is -2.23. The normalized spacial score (nSPS) is 19.8. The van der Waals surface area contributed by atoms with E-state index in [0.29, 0.717) is 6.54 Å². The summed E-state index contributed by atoms with van der Waals surface area (Å²) in [6, 6.07) is 3.13. The van der Waals surface area contributed by atoms with Gasteiger partial charge in [-0.25, -0.2) is 13.1 Å². The van der Waals surface area contributed by atoms with Crippen molar-refractivity contribution >= 4 is 27.3 Å². The van der Waals surface area contributed by atoms with Gasteiger partial charge < -0.3 is 5.32 Å². The van der Waals surface area contributed by atoms with Crippen LogP contribution >= 0.6 is 11.6 Å². The largest absolute Gasteiger partial charge is 0.315 e. The van der Waals surface area contributed by atoms with Gasteiger partial charge in [-0.15, -0.1) is 0 Å². The van der Waals surface area contributed by atoms with Crippen LogP contribution in [0.15, 0.2) is 23.1 Å². The number of sulfonamides is 1. The number of nitrogens with one attached hydrogen (secondary N) is 2. The number of benzene rings is 1. The first kappa shape index (κ1) is 15.2. The molecule has 0 amide bonds. The minimum atomic E-state index is -3.87. The first-order valence-corrected chi connectivity index (χ1v) is 7.93. The SMILES string of the molecule is O=[N+]([O-])c1ccc(Cl)c(S(=O)(=O)N[C@@H]2CCCNC2)c1. The molecule has 1 aromatic carbocycles. The summed E-state index contributed by atoms with van der Waals surface area (Å²) >= 11 is 5.85. The monoisotopic (exact) mass is 319 g/mol. The van der Waals surface area contributed by atoms with Gasteiger partial charge in [0.2, 0.25) is 10.0 Å². The van der Waals surface area contributed by atoms with Gasteiger partial charge in [-0.3, -0.25) is 10.1 Å². The quantitative estimate of drug-likeness (QED) is 0.643. The Morgan fingerprint density at radius 2 is 2.20 bits per heavy atom. The zero-order valence-corrected chi connectivity index (χ0v) is 12.1. The van der Waals surface area contributed by atoms with E-state index < -0.39 is 14.9 Å². The lowest BCUT2D eigenvalue weighted by molar-refractivity contribution is -0.385. The molecule has 1 fully saturated rings. The summed E-state index contributed by atoms with van der Waals surface area (Å²) in [5.74, 6) is 0. The van der Waals surface area contributed by atoms with Gasteiger partial charge in [0.25, 0.3) is 5.69 Å². The summed E-state index contributed by atoms with van der Waals surface area (Å²) < 4.78 is 27.0. The first-order valence-electron chi connectivity index (χ1n) is 6.07. The van der Waals surface area contributed by atoms with Gasteiger partial charge in [-0.2, -0.15) is 0 Å². The van der Waals surface area contributed by atoms with Crippen LogP contribution in [0.1, 0.15) is 12.8 Å². The highest BCUT2D eigenvalue weighted by Gasteiger charge is 2.25. The van der Waals surface area contributed by atoms with Crippen LogP contribution < -0.4 is 10.0 Å². The molecule has 1 aliphatic heterocycles. The average molecular weight is 320 g/mol. The highest BCUT2D eigenvalue weighted by atomic mass is 35.5. The van der Waals surface area contributed by atoms with Crippen LogP contribution in [0.5, 0.6) is 0 Å². The second kappa shape index (κ2) is 6.04. The van der Waals surface area contributed by atoms with Gasteiger partial charge >= 0.3 is 0 Å². The predicted octanol–water partition coefficient (Wildman–Crippen LogP) is 1.28. The maximum absolute atomic E-state index is 12.3. The van der Waals surface area contributed by atoms with E-state index in [9.17, 15) is 18.5 Å². The number of non-ortho nitro benzene ring substituents is 1. The molecule has 0 bridgehead atoms. The molecule has 0 unspecified atom stereocenters. The molecular weight excluding hydrogens is 306 g/mol. The van der Waals surface area contributed by atoms with Gasteiger partial charge in [-0.1, -0.05) is 11.6 Å². The zero-order valence-electron chi connectivity index (χ0n) is 10.5. The molecule has 0 spiro atoms. The fourth-order valence-corrected chi connectivity index (χ4v) is 3.84. The smallest absolute Gasteiger partial charge is 0.270 e. The summed E-state index contributed by atoms with van der Waals surface area (Å²) in [4.78, 5) is 9.80. The Morgan fingerprint density at radius 1 is 1.45 bits per heavy atom. The summed E-state index contributed by atoms with van der Waals surface area (Å²) in [5, 5.41) is 13.8. The van der Waals surface area contributed by atoms with Crippen molar-refractivity contribution in [3.05, 3.63) is 33.3 Å². The third kappa shape index (κ3) is 3.45. The highest BCUT2D eigenvalue weighted by molar-refractivity contribution is 7.89. The van der Waals surface area contributed by atoms with E-state index in [1.807, 2.05) is 0 Å². The maximum atomic E-state index is 12.3. The molecule has 1 heterocycles. The molecule has 1 saturated heterocycles. The summed E-state index contributed by atoms with van der Waals surface area (Å²) in [6.07, 6.45) is 1.59. The van der Waals surface area contributed by atoms with Crippen LogP contribution in [0.4, 0.5) is 5.69 Å². The summed E-state index contributed by atoms with van der Waals surface area (Å²) in [5.41, 5.74) is -0.309. The van der Waals surface area contributed by atoms with Gasteiger partial charge in [-0.05, 0) is 25.5 Å². The number of nitro groups is 1. The van der Waals surface area contributed by atoms with Crippen LogP contribution in [0.3, 0.4) is 0 Å². The van der Waals surface area contributed by atoms with Crippen LogP contribution in [0.25, 0.3) is 0 Å². The number of piperidine rings is 1. The van der Waals surface area contributed by atoms with Crippen LogP contribution in [-0.4, -0.2) is 32.5 Å². The molecule has 7 nitrogen and oxygen atoms in total. The van der Waals surface area contributed by atoms with Crippen molar-refractivity contribution in [2.45, 2.75) is 23.8 Å². The predicted molar refractivity (Wildman–Crippen MR) is 74.3 cm³/mol. The van der Waals surface area contributed by atoms with Gasteiger partial charge in [0.05, 0.1) is 9.95 Å². The van der Waals surface area contributed by atoms with E-state index in [0.717, 1.165) is 25.5 Å². The van der Waals surface area contributed by atoms with E-state index in [-0.39, 0.29) is 21.6 Å². The molecule has 0 radical (unpaired) electrons. The molecule has 2 rings (SSSR count). The molecule has 1 atom stereocenters. The van der Waals surface area contributed by atoms with Crippen molar-refractivity contribution in [2.75, 3.05) is 13.1 Å². The molecule has 20 heavy (non-hydrogen) atoms. The Morgan fingerprint density at radius 3 is 2.80 bits per heavy atom. The second-order valence-electron chi connectivity index (χ2n) is 4.54. The minimum absolute atomic E-state index is 0.0353. The Labute approximate surface area is 121 Å². The van der Waals surface area contributed by atoms with Crippen molar-refractivity contribution in [1.82, 2.24) is 10.0 Å². The Balaban J connectivity index is 2.28. The van der Waals surface area contributed by atoms with Crippen molar-refractivity contribution in [1.29, 1.82) is 0 Å². The van der Waals surface area contributed by atoms with Crippen LogP contribution in [-0.2, 0) is 10.0 Å². The van der Waals surface area contributed by atoms with Gasteiger partial charge in [0, 0.05) is 24.7 Å². The van der Waals surface area contributed by atoms with Gasteiger partial charge in [0.15, 0.2) is 0 Å². The van der Waals surface area contributed by atoms with E-state index >= 15 is 0 Å². The Kier molecular flexibility index (Phi) is 4.59. The standard InChI is InChI=1S/C11H14ClN3O4S/c12-10-4-3-9(15(16)17)6-11(10)20(18,19)14-8-2-1-5-13-7-8/h3-4,6,8,13-14H,1-2,5,7H2/t8-/m1/s1. The molecule has 110 valence electrons. The Bertz CT molecular complexity index is 614. The first-order chi connectivity index (χ1) is 9.40. The lowest BCUT2D eigenvalue weighted by Crippen LogP contribution is -2.45. The summed E-state index contributed by atoms with van der Waals surface area (Å²) in [6.45, 7) is 1.39. The molecule has 1 aromatic rings. The number of hydrogen-bond donors (Lipinski definition) is 2. The van der Waals surface area contributed by atoms with Crippen molar-refractivity contribution in [3.63, 3.8) is 0 Å². The fraction of sp³-hybridized carbons (Fsp3) is 0.455. The third-order valence-corrected chi connectivity index (χ3v) is 5.04. The molecule has 1 aliphatic rings. The number of nitro benzene ring substituents is 1. The molecule has 0 aromatic heterocycles. The summed E-state index contributed by atoms with van der Waals surface area (Å²) in [7, 11) is -3.87. The molecule has 9 heteroatoms. The van der Waals surface area contributed by atoms with Crippen LogP contribution in [0.2, 0.25) is 5.02 Å². The number of nitrogens with zero attached hydrogens (tertiary/aromatic N) is 1. The van der Waals surface area contributed by atoms with Crippen molar-refractivity contribution in [2.24, 2.45) is 0 Å². The van der Waals surface area contributed by atoms with E-state index in [2.05, 4.69) is 10.0 Å². The molecule has 0 aliphatic carbocycles. The molecular formula is C11H14ClN3O4S. The zero-order chi connectivity index (χ0) is 14.8. The van der Waals surface area contributed by atoms with E-state index in [1.54, 1.807) is 0 Å². The minimum Gasteiger partial charge on any atom is -0.315 e. The molecule has 2 N–H and O–H groups in total. The number of hydrogen-bond acceptors (Lipinski definition) is 5. The average Bonchev–Trinajstić information content (AvgIpc) is 2.39. The van der Waals surface area contributed by atoms with Crippen molar-refractivity contribution < 1.29 is 13.3 Å². The lowest BCUT2D eigenvalue weighted by atomic mass is 10.1. The highest BCUT2D eigenvalue weighted by Crippen LogP contribution is 2.26.